The summed E-state index contributed by atoms with van der Waals surface area (Å²) in [5.41, 5.74) is 2.98. The highest BCUT2D eigenvalue weighted by Crippen LogP contribution is 2.16. The molecule has 0 saturated carbocycles. The minimum atomic E-state index is 0.145. The number of aromatic nitrogens is 2. The molecular weight excluding hydrogens is 244 g/mol. The molecule has 2 aromatic heterocycles. The lowest BCUT2D eigenvalue weighted by Gasteiger charge is -1.96. The zero-order chi connectivity index (χ0) is 10.1. The number of fused-ring (bicyclic) bond motifs is 1. The zero-order valence-corrected chi connectivity index (χ0v) is 9.45. The number of nitrogens with zero attached hydrogens (tertiary/aromatic N) is 2. The van der Waals surface area contributed by atoms with Gasteiger partial charge in [-0.2, -0.15) is 0 Å². The van der Waals surface area contributed by atoms with E-state index in [0.717, 1.165) is 21.5 Å². The standard InChI is InChI=1S/C10H11BrN2O/c1-7-9(3-5-14)12-10-6-8(11)2-4-13(7)10/h2,4,6,14H,3,5H2,1H3. The van der Waals surface area contributed by atoms with Crippen molar-refractivity contribution in [2.45, 2.75) is 13.3 Å². The van der Waals surface area contributed by atoms with Gasteiger partial charge < -0.3 is 9.51 Å². The van der Waals surface area contributed by atoms with Gasteiger partial charge in [-0.15, -0.1) is 0 Å². The van der Waals surface area contributed by atoms with Gasteiger partial charge in [0.25, 0.3) is 0 Å². The molecule has 0 spiro atoms. The fourth-order valence-corrected chi connectivity index (χ4v) is 1.86. The Morgan fingerprint density at radius 3 is 3.07 bits per heavy atom. The molecule has 0 aliphatic rings. The highest BCUT2D eigenvalue weighted by Gasteiger charge is 2.06. The Labute approximate surface area is 90.5 Å². The predicted octanol–water partition coefficient (Wildman–Crippen LogP) is 1.94. The summed E-state index contributed by atoms with van der Waals surface area (Å²) in [7, 11) is 0. The van der Waals surface area contributed by atoms with E-state index in [1.54, 1.807) is 0 Å². The summed E-state index contributed by atoms with van der Waals surface area (Å²) in [6, 6.07) is 3.94. The Bertz CT molecular complexity index is 464. The number of imidazole rings is 1. The van der Waals surface area contributed by atoms with Gasteiger partial charge in [0.2, 0.25) is 0 Å². The molecule has 74 valence electrons. The van der Waals surface area contributed by atoms with Crippen LogP contribution in [0.1, 0.15) is 11.4 Å². The van der Waals surface area contributed by atoms with Gasteiger partial charge in [-0.25, -0.2) is 4.98 Å². The van der Waals surface area contributed by atoms with Crippen LogP contribution in [-0.4, -0.2) is 21.1 Å². The summed E-state index contributed by atoms with van der Waals surface area (Å²) in [4.78, 5) is 4.44. The number of halogens is 1. The van der Waals surface area contributed by atoms with Crippen LogP contribution in [0.4, 0.5) is 0 Å². The molecule has 0 radical (unpaired) electrons. The van der Waals surface area contributed by atoms with Gasteiger partial charge >= 0.3 is 0 Å². The quantitative estimate of drug-likeness (QED) is 0.890. The Morgan fingerprint density at radius 1 is 1.57 bits per heavy atom. The van der Waals surface area contributed by atoms with Gasteiger partial charge in [0.15, 0.2) is 0 Å². The third-order valence-corrected chi connectivity index (χ3v) is 2.77. The third kappa shape index (κ3) is 1.55. The molecule has 0 aliphatic heterocycles. The number of pyridine rings is 1. The van der Waals surface area contributed by atoms with E-state index in [4.69, 9.17) is 5.11 Å². The monoisotopic (exact) mass is 254 g/mol. The molecule has 0 bridgehead atoms. The fraction of sp³-hybridized carbons (Fsp3) is 0.300. The van der Waals surface area contributed by atoms with Crippen molar-refractivity contribution >= 4 is 21.6 Å². The summed E-state index contributed by atoms with van der Waals surface area (Å²) >= 11 is 3.40. The maximum absolute atomic E-state index is 8.87. The molecule has 2 heterocycles. The Hall–Kier alpha value is -0.870. The lowest BCUT2D eigenvalue weighted by Crippen LogP contribution is -1.93. The van der Waals surface area contributed by atoms with E-state index in [-0.39, 0.29) is 6.61 Å². The molecule has 0 amide bonds. The summed E-state index contributed by atoms with van der Waals surface area (Å²) < 4.78 is 3.04. The van der Waals surface area contributed by atoms with E-state index in [9.17, 15) is 0 Å². The van der Waals surface area contributed by atoms with Crippen LogP contribution < -0.4 is 0 Å². The van der Waals surface area contributed by atoms with Crippen molar-refractivity contribution in [2.24, 2.45) is 0 Å². The topological polar surface area (TPSA) is 37.5 Å². The predicted molar refractivity (Wildman–Crippen MR) is 58.4 cm³/mol. The Kier molecular flexibility index (Phi) is 2.56. The van der Waals surface area contributed by atoms with Crippen LogP contribution in [0.25, 0.3) is 5.65 Å². The van der Waals surface area contributed by atoms with Crippen molar-refractivity contribution in [3.63, 3.8) is 0 Å². The van der Waals surface area contributed by atoms with Crippen LogP contribution in [0.15, 0.2) is 22.8 Å². The van der Waals surface area contributed by atoms with E-state index in [1.807, 2.05) is 29.7 Å². The van der Waals surface area contributed by atoms with Crippen molar-refractivity contribution in [1.29, 1.82) is 0 Å². The number of hydrogen-bond acceptors (Lipinski definition) is 2. The molecule has 0 unspecified atom stereocenters. The maximum atomic E-state index is 8.87. The molecule has 2 aromatic rings. The molecule has 2 rings (SSSR count). The van der Waals surface area contributed by atoms with Gasteiger partial charge in [0.05, 0.1) is 5.69 Å². The molecule has 0 saturated heterocycles. The van der Waals surface area contributed by atoms with E-state index >= 15 is 0 Å². The molecule has 4 heteroatoms. The summed E-state index contributed by atoms with van der Waals surface area (Å²) in [6.07, 6.45) is 2.59. The van der Waals surface area contributed by atoms with Gasteiger partial charge in [-0.3, -0.25) is 0 Å². The number of rotatable bonds is 2. The summed E-state index contributed by atoms with van der Waals surface area (Å²) in [6.45, 7) is 2.16. The normalized spacial score (nSPS) is 11.1. The van der Waals surface area contributed by atoms with Crippen LogP contribution >= 0.6 is 15.9 Å². The molecule has 0 aliphatic carbocycles. The highest BCUT2D eigenvalue weighted by atomic mass is 79.9. The summed E-state index contributed by atoms with van der Waals surface area (Å²) in [5.74, 6) is 0. The largest absolute Gasteiger partial charge is 0.396 e. The van der Waals surface area contributed by atoms with Crippen LogP contribution in [0, 0.1) is 6.92 Å². The smallest absolute Gasteiger partial charge is 0.138 e. The van der Waals surface area contributed by atoms with E-state index in [2.05, 4.69) is 20.9 Å². The molecule has 14 heavy (non-hydrogen) atoms. The lowest BCUT2D eigenvalue weighted by molar-refractivity contribution is 0.298. The van der Waals surface area contributed by atoms with Crippen molar-refractivity contribution in [3.8, 4) is 0 Å². The van der Waals surface area contributed by atoms with Gasteiger partial charge in [0, 0.05) is 29.4 Å². The molecular formula is C10H11BrN2O. The minimum absolute atomic E-state index is 0.145. The van der Waals surface area contributed by atoms with Crippen LogP contribution in [0.5, 0.6) is 0 Å². The van der Waals surface area contributed by atoms with Gasteiger partial charge in [0.1, 0.15) is 5.65 Å². The first-order chi connectivity index (χ1) is 6.72. The average Bonchev–Trinajstić information content (AvgIpc) is 2.44. The maximum Gasteiger partial charge on any atom is 0.138 e. The molecule has 0 aromatic carbocycles. The molecule has 1 N–H and O–H groups in total. The van der Waals surface area contributed by atoms with Crippen molar-refractivity contribution < 1.29 is 5.11 Å². The second kappa shape index (κ2) is 3.71. The highest BCUT2D eigenvalue weighted by molar-refractivity contribution is 9.10. The number of aliphatic hydroxyl groups excluding tert-OH is 1. The van der Waals surface area contributed by atoms with Gasteiger partial charge in [-0.05, 0) is 19.1 Å². The first-order valence-corrected chi connectivity index (χ1v) is 5.25. The molecule has 0 fully saturated rings. The van der Waals surface area contributed by atoms with E-state index in [1.165, 1.54) is 0 Å². The van der Waals surface area contributed by atoms with Crippen LogP contribution in [0.2, 0.25) is 0 Å². The first kappa shape index (κ1) is 9.68. The number of aryl methyl sites for hydroxylation is 1. The van der Waals surface area contributed by atoms with E-state index < -0.39 is 0 Å². The van der Waals surface area contributed by atoms with E-state index in [0.29, 0.717) is 6.42 Å². The fourth-order valence-electron chi connectivity index (χ4n) is 1.53. The third-order valence-electron chi connectivity index (χ3n) is 2.27. The molecule has 0 atom stereocenters. The second-order valence-electron chi connectivity index (χ2n) is 3.19. The zero-order valence-electron chi connectivity index (χ0n) is 7.87. The van der Waals surface area contributed by atoms with Crippen molar-refractivity contribution in [2.75, 3.05) is 6.61 Å². The second-order valence-corrected chi connectivity index (χ2v) is 4.11. The SMILES string of the molecule is Cc1c(CCO)nc2cc(Br)ccn12. The minimum Gasteiger partial charge on any atom is -0.396 e. The van der Waals surface area contributed by atoms with Crippen molar-refractivity contribution in [3.05, 3.63) is 34.2 Å². The van der Waals surface area contributed by atoms with Crippen molar-refractivity contribution in [1.82, 2.24) is 9.38 Å². The van der Waals surface area contributed by atoms with Gasteiger partial charge in [-0.1, -0.05) is 15.9 Å². The number of aliphatic hydroxyl groups is 1. The Balaban J connectivity index is 2.61. The first-order valence-electron chi connectivity index (χ1n) is 4.46. The summed E-state index contributed by atoms with van der Waals surface area (Å²) in [5, 5.41) is 8.87. The number of hydrogen-bond donors (Lipinski definition) is 1. The Morgan fingerprint density at radius 2 is 2.36 bits per heavy atom. The average molecular weight is 255 g/mol. The lowest BCUT2D eigenvalue weighted by atomic mass is 10.3. The molecule has 3 nitrogen and oxygen atoms in total. The van der Waals surface area contributed by atoms with Crippen LogP contribution in [0.3, 0.4) is 0 Å². The van der Waals surface area contributed by atoms with Crippen LogP contribution in [-0.2, 0) is 6.42 Å².